The Morgan fingerprint density at radius 2 is 2.29 bits per heavy atom. The summed E-state index contributed by atoms with van der Waals surface area (Å²) in [6, 6.07) is 3.77. The minimum atomic E-state index is -0.131. The number of aromatic nitrogens is 1. The van der Waals surface area contributed by atoms with Crippen LogP contribution in [0.15, 0.2) is 29.1 Å². The van der Waals surface area contributed by atoms with Gasteiger partial charge in [-0.15, -0.1) is 0 Å². The Morgan fingerprint density at radius 1 is 1.53 bits per heavy atom. The fourth-order valence-electron chi connectivity index (χ4n) is 1.64. The van der Waals surface area contributed by atoms with Gasteiger partial charge in [0.1, 0.15) is 5.69 Å². The molecule has 2 heterocycles. The zero-order chi connectivity index (χ0) is 12.4. The lowest BCUT2D eigenvalue weighted by atomic mass is 10.3. The van der Waals surface area contributed by atoms with Gasteiger partial charge in [0.2, 0.25) is 0 Å². The molecule has 2 rings (SSSR count). The van der Waals surface area contributed by atoms with Crippen LogP contribution in [-0.4, -0.2) is 10.5 Å². The van der Waals surface area contributed by atoms with Crippen LogP contribution in [0.2, 0.25) is 0 Å². The number of carbonyl (C=O) groups excluding carboxylic acids is 1. The van der Waals surface area contributed by atoms with Gasteiger partial charge >= 0.3 is 0 Å². The van der Waals surface area contributed by atoms with E-state index in [9.17, 15) is 4.79 Å². The van der Waals surface area contributed by atoms with E-state index in [-0.39, 0.29) is 11.9 Å². The first-order valence-corrected chi connectivity index (χ1v) is 6.33. The Hall–Kier alpha value is -1.75. The largest absolute Gasteiger partial charge is 0.397 e. The molecule has 0 atom stereocenters. The summed E-state index contributed by atoms with van der Waals surface area (Å²) < 4.78 is 1.87. The van der Waals surface area contributed by atoms with Crippen molar-refractivity contribution in [1.82, 2.24) is 4.57 Å². The van der Waals surface area contributed by atoms with Crippen molar-refractivity contribution in [3.8, 4) is 0 Å². The average Bonchev–Trinajstić information content (AvgIpc) is 2.86. The number of nitrogen functional groups attached to an aromatic ring is 1. The SMILES string of the molecule is CC(C)n1cc(N)cc1C(=O)Nc1ccsc1. The predicted molar refractivity (Wildman–Crippen MR) is 71.5 cm³/mol. The molecule has 0 unspecified atom stereocenters. The van der Waals surface area contributed by atoms with Crippen molar-refractivity contribution in [1.29, 1.82) is 0 Å². The molecule has 2 aromatic heterocycles. The number of amides is 1. The van der Waals surface area contributed by atoms with Crippen LogP contribution in [0.3, 0.4) is 0 Å². The van der Waals surface area contributed by atoms with Gasteiger partial charge in [0, 0.05) is 17.6 Å². The summed E-state index contributed by atoms with van der Waals surface area (Å²) in [5.41, 5.74) is 7.74. The van der Waals surface area contributed by atoms with E-state index < -0.39 is 0 Å². The third kappa shape index (κ3) is 2.50. The van der Waals surface area contributed by atoms with Crippen LogP contribution in [0, 0.1) is 0 Å². The topological polar surface area (TPSA) is 60.0 Å². The molecule has 0 aliphatic carbocycles. The van der Waals surface area contributed by atoms with Crippen molar-refractivity contribution in [3.05, 3.63) is 34.8 Å². The number of hydrogen-bond donors (Lipinski definition) is 2. The van der Waals surface area contributed by atoms with Crippen molar-refractivity contribution < 1.29 is 4.79 Å². The van der Waals surface area contributed by atoms with Crippen LogP contribution >= 0.6 is 11.3 Å². The van der Waals surface area contributed by atoms with Crippen LogP contribution in [0.4, 0.5) is 11.4 Å². The summed E-state index contributed by atoms with van der Waals surface area (Å²) in [4.78, 5) is 12.1. The quantitative estimate of drug-likeness (QED) is 0.878. The van der Waals surface area contributed by atoms with Gasteiger partial charge < -0.3 is 15.6 Å². The van der Waals surface area contributed by atoms with Crippen LogP contribution in [0.5, 0.6) is 0 Å². The second-order valence-corrected chi connectivity index (χ2v) is 4.91. The molecule has 0 fully saturated rings. The molecule has 0 aliphatic heterocycles. The number of nitrogens with zero attached hydrogens (tertiary/aromatic N) is 1. The van der Waals surface area contributed by atoms with E-state index in [0.29, 0.717) is 11.4 Å². The Balaban J connectivity index is 2.24. The van der Waals surface area contributed by atoms with Crippen molar-refractivity contribution in [2.75, 3.05) is 11.1 Å². The third-order valence-electron chi connectivity index (χ3n) is 2.44. The molecule has 1 amide bonds. The normalized spacial score (nSPS) is 10.8. The highest BCUT2D eigenvalue weighted by atomic mass is 32.1. The van der Waals surface area contributed by atoms with E-state index in [1.54, 1.807) is 23.6 Å². The van der Waals surface area contributed by atoms with Gasteiger partial charge in [-0.25, -0.2) is 0 Å². The first kappa shape index (κ1) is 11.7. The maximum absolute atomic E-state index is 12.1. The minimum absolute atomic E-state index is 0.131. The maximum Gasteiger partial charge on any atom is 0.272 e. The molecule has 0 radical (unpaired) electrons. The smallest absolute Gasteiger partial charge is 0.272 e. The van der Waals surface area contributed by atoms with Gasteiger partial charge in [-0.1, -0.05) is 0 Å². The molecular weight excluding hydrogens is 234 g/mol. The lowest BCUT2D eigenvalue weighted by Crippen LogP contribution is -2.17. The number of carbonyl (C=O) groups is 1. The Labute approximate surface area is 104 Å². The van der Waals surface area contributed by atoms with E-state index >= 15 is 0 Å². The van der Waals surface area contributed by atoms with Gasteiger partial charge in [0.05, 0.1) is 11.4 Å². The molecule has 0 aliphatic rings. The number of hydrogen-bond acceptors (Lipinski definition) is 3. The lowest BCUT2D eigenvalue weighted by molar-refractivity contribution is 0.101. The fourth-order valence-corrected chi connectivity index (χ4v) is 2.23. The average molecular weight is 249 g/mol. The highest BCUT2D eigenvalue weighted by molar-refractivity contribution is 7.08. The summed E-state index contributed by atoms with van der Waals surface area (Å²) in [6.07, 6.45) is 1.78. The second kappa shape index (κ2) is 4.63. The number of thiophene rings is 1. The summed E-state index contributed by atoms with van der Waals surface area (Å²) in [5, 5.41) is 6.66. The van der Waals surface area contributed by atoms with Crippen molar-refractivity contribution in [2.45, 2.75) is 19.9 Å². The molecule has 17 heavy (non-hydrogen) atoms. The molecule has 0 saturated carbocycles. The summed E-state index contributed by atoms with van der Waals surface area (Å²) in [7, 11) is 0. The zero-order valence-electron chi connectivity index (χ0n) is 9.81. The Bertz CT molecular complexity index is 514. The molecule has 3 N–H and O–H groups in total. The van der Waals surface area contributed by atoms with Crippen molar-refractivity contribution in [2.24, 2.45) is 0 Å². The van der Waals surface area contributed by atoms with Gasteiger partial charge in [-0.05, 0) is 31.4 Å². The Kier molecular flexibility index (Phi) is 3.19. The van der Waals surface area contributed by atoms with E-state index in [4.69, 9.17) is 5.73 Å². The summed E-state index contributed by atoms with van der Waals surface area (Å²) >= 11 is 1.55. The van der Waals surface area contributed by atoms with Crippen LogP contribution in [0.25, 0.3) is 0 Å². The number of rotatable bonds is 3. The molecule has 0 saturated heterocycles. The van der Waals surface area contributed by atoms with E-state index in [0.717, 1.165) is 5.69 Å². The van der Waals surface area contributed by atoms with Gasteiger partial charge in [0.25, 0.3) is 5.91 Å². The second-order valence-electron chi connectivity index (χ2n) is 4.13. The van der Waals surface area contributed by atoms with Crippen molar-refractivity contribution in [3.63, 3.8) is 0 Å². The summed E-state index contributed by atoms with van der Waals surface area (Å²) in [5.74, 6) is -0.131. The highest BCUT2D eigenvalue weighted by Gasteiger charge is 2.14. The molecule has 5 heteroatoms. The minimum Gasteiger partial charge on any atom is -0.397 e. The highest BCUT2D eigenvalue weighted by Crippen LogP contribution is 2.19. The first-order valence-electron chi connectivity index (χ1n) is 5.39. The molecule has 2 aromatic rings. The van der Waals surface area contributed by atoms with Crippen LogP contribution < -0.4 is 11.1 Å². The predicted octanol–water partition coefficient (Wildman–Crippen LogP) is 2.97. The molecule has 4 nitrogen and oxygen atoms in total. The molecular formula is C12H15N3OS. The lowest BCUT2D eigenvalue weighted by Gasteiger charge is -2.12. The summed E-state index contributed by atoms with van der Waals surface area (Å²) in [6.45, 7) is 4.03. The maximum atomic E-state index is 12.1. The molecule has 90 valence electrons. The number of nitrogens with one attached hydrogen (secondary N) is 1. The molecule has 0 aromatic carbocycles. The number of nitrogens with two attached hydrogens (primary N) is 1. The van der Waals surface area contributed by atoms with E-state index in [1.165, 1.54) is 0 Å². The van der Waals surface area contributed by atoms with Crippen molar-refractivity contribution >= 4 is 28.6 Å². The van der Waals surface area contributed by atoms with Crippen LogP contribution in [-0.2, 0) is 0 Å². The number of anilines is 2. The van der Waals surface area contributed by atoms with Gasteiger partial charge in [-0.2, -0.15) is 11.3 Å². The van der Waals surface area contributed by atoms with Gasteiger partial charge in [-0.3, -0.25) is 4.79 Å². The molecule has 0 spiro atoms. The monoisotopic (exact) mass is 249 g/mol. The first-order chi connectivity index (χ1) is 8.08. The third-order valence-corrected chi connectivity index (χ3v) is 3.12. The molecule has 0 bridgehead atoms. The zero-order valence-corrected chi connectivity index (χ0v) is 10.6. The standard InChI is InChI=1S/C12H15N3OS/c1-8(2)15-6-9(13)5-11(15)12(16)14-10-3-4-17-7-10/h3-8H,13H2,1-2H3,(H,14,16). The Morgan fingerprint density at radius 3 is 2.88 bits per heavy atom. The van der Waals surface area contributed by atoms with E-state index in [2.05, 4.69) is 5.32 Å². The van der Waals surface area contributed by atoms with Gasteiger partial charge in [0.15, 0.2) is 0 Å². The fraction of sp³-hybridized carbons (Fsp3) is 0.250. The van der Waals surface area contributed by atoms with Crippen LogP contribution in [0.1, 0.15) is 30.4 Å². The van der Waals surface area contributed by atoms with E-state index in [1.807, 2.05) is 35.2 Å².